The first kappa shape index (κ1) is 25.1. The van der Waals surface area contributed by atoms with Crippen LogP contribution in [0.2, 0.25) is 0 Å². The van der Waals surface area contributed by atoms with Gasteiger partial charge in [-0.1, -0.05) is 50.8 Å². The summed E-state index contributed by atoms with van der Waals surface area (Å²) >= 11 is 0. The monoisotopic (exact) mass is 516 g/mol. The Morgan fingerprint density at radius 3 is 2.16 bits per heavy atom. The van der Waals surface area contributed by atoms with Gasteiger partial charge in [0.1, 0.15) is 5.82 Å². The second-order valence-corrected chi connectivity index (χ2v) is 13.6. The van der Waals surface area contributed by atoms with Crippen LogP contribution >= 0.6 is 0 Å². The van der Waals surface area contributed by atoms with Crippen molar-refractivity contribution in [3.8, 4) is 0 Å². The van der Waals surface area contributed by atoms with E-state index in [0.717, 1.165) is 55.9 Å². The molecule has 4 bridgehead atoms. The molecular weight excluding hydrogens is 468 g/mol. The average molecular weight is 517 g/mol. The number of hydrogen-bond donors (Lipinski definition) is 1. The van der Waals surface area contributed by atoms with Crippen LogP contribution in [0.1, 0.15) is 108 Å². The van der Waals surface area contributed by atoms with Gasteiger partial charge in [-0.2, -0.15) is 0 Å². The van der Waals surface area contributed by atoms with Gasteiger partial charge in [-0.25, -0.2) is 4.98 Å². The molecule has 5 aliphatic rings. The Kier molecular flexibility index (Phi) is 7.02. The summed E-state index contributed by atoms with van der Waals surface area (Å²) in [5.74, 6) is 4.13. The number of aliphatic hydroxyl groups excluding tert-OH is 1. The van der Waals surface area contributed by atoms with E-state index < -0.39 is 0 Å². The maximum atomic E-state index is 9.69. The number of para-hydroxylation sites is 2. The smallest absolute Gasteiger partial charge is 0.113 e. The Morgan fingerprint density at radius 2 is 1.47 bits per heavy atom. The fourth-order valence-corrected chi connectivity index (χ4v) is 9.65. The molecule has 0 radical (unpaired) electrons. The third kappa shape index (κ3) is 4.83. The maximum absolute atomic E-state index is 9.69. The van der Waals surface area contributed by atoms with Crippen LogP contribution in [0.3, 0.4) is 0 Å². The Balaban J connectivity index is 1.14. The zero-order chi connectivity index (χ0) is 25.6. The van der Waals surface area contributed by atoms with Crippen molar-refractivity contribution in [2.45, 2.75) is 120 Å². The summed E-state index contributed by atoms with van der Waals surface area (Å²) in [6.45, 7) is 6.35. The van der Waals surface area contributed by atoms with Crippen LogP contribution in [0.25, 0.3) is 11.0 Å². The zero-order valence-electron chi connectivity index (χ0n) is 23.3. The molecule has 5 fully saturated rings. The zero-order valence-corrected chi connectivity index (χ0v) is 23.3. The van der Waals surface area contributed by atoms with E-state index >= 15 is 0 Å². The highest BCUT2D eigenvalue weighted by molar-refractivity contribution is 5.76. The minimum atomic E-state index is 0.284. The minimum absolute atomic E-state index is 0.284. The van der Waals surface area contributed by atoms with Crippen molar-refractivity contribution < 1.29 is 5.11 Å². The van der Waals surface area contributed by atoms with E-state index in [1.165, 1.54) is 93.9 Å². The standard InChI is InChI=1S/C33H48N4O/c1-23(38)22-35-15-13-26(14-16-35)33-34-31-11-4-5-12-32(31)37(33)30-20-27-9-6-10-28(21-30)36(27)29-18-24-7-2-3-8-25(17-24)19-29/h4-5,11-12,24-30,38H,1-3,6-10,13-22H2/t24-,25+,27-,28+,29?,30?. The van der Waals surface area contributed by atoms with Gasteiger partial charge >= 0.3 is 0 Å². The van der Waals surface area contributed by atoms with Crippen LogP contribution in [0.5, 0.6) is 0 Å². The second-order valence-electron chi connectivity index (χ2n) is 13.6. The number of aliphatic hydroxyl groups is 1. The van der Waals surface area contributed by atoms with Gasteiger partial charge in [0, 0.05) is 30.1 Å². The van der Waals surface area contributed by atoms with Gasteiger partial charge in [-0.05, 0) is 94.8 Å². The molecular formula is C33H48N4O. The van der Waals surface area contributed by atoms with E-state index in [0.29, 0.717) is 18.5 Å². The lowest BCUT2D eigenvalue weighted by Gasteiger charge is -2.55. The lowest BCUT2D eigenvalue weighted by Crippen LogP contribution is -2.58. The first-order valence-electron chi connectivity index (χ1n) is 16.0. The molecule has 7 rings (SSSR count). The summed E-state index contributed by atoms with van der Waals surface area (Å²) < 4.78 is 2.73. The Labute approximate surface area is 229 Å². The van der Waals surface area contributed by atoms with Gasteiger partial charge < -0.3 is 9.67 Å². The summed E-state index contributed by atoms with van der Waals surface area (Å²) in [6, 6.07) is 11.8. The summed E-state index contributed by atoms with van der Waals surface area (Å²) in [7, 11) is 0. The summed E-state index contributed by atoms with van der Waals surface area (Å²) in [5, 5.41) is 9.69. The van der Waals surface area contributed by atoms with Gasteiger partial charge in [0.15, 0.2) is 0 Å². The van der Waals surface area contributed by atoms with Crippen LogP contribution in [0.4, 0.5) is 0 Å². The van der Waals surface area contributed by atoms with E-state index in [9.17, 15) is 5.11 Å². The molecule has 2 aliphatic carbocycles. The molecule has 5 heteroatoms. The maximum Gasteiger partial charge on any atom is 0.113 e. The van der Waals surface area contributed by atoms with Crippen molar-refractivity contribution in [1.29, 1.82) is 0 Å². The van der Waals surface area contributed by atoms with Gasteiger partial charge in [-0.3, -0.25) is 9.80 Å². The third-order valence-electron chi connectivity index (χ3n) is 11.1. The highest BCUT2D eigenvalue weighted by atomic mass is 16.3. The van der Waals surface area contributed by atoms with Crippen LogP contribution in [-0.2, 0) is 0 Å². The second kappa shape index (κ2) is 10.6. The number of aromatic nitrogens is 2. The lowest BCUT2D eigenvalue weighted by atomic mass is 9.73. The lowest BCUT2D eigenvalue weighted by molar-refractivity contribution is -0.0421. The first-order valence-corrected chi connectivity index (χ1v) is 16.0. The number of likely N-dealkylation sites (tertiary alicyclic amines) is 1. The molecule has 1 aromatic heterocycles. The number of benzene rings is 1. The average Bonchev–Trinajstić information content (AvgIpc) is 3.21. The third-order valence-corrected chi connectivity index (χ3v) is 11.1. The van der Waals surface area contributed by atoms with E-state index in [4.69, 9.17) is 4.98 Å². The van der Waals surface area contributed by atoms with Gasteiger partial charge in [0.05, 0.1) is 23.3 Å². The van der Waals surface area contributed by atoms with Crippen molar-refractivity contribution in [1.82, 2.24) is 19.4 Å². The van der Waals surface area contributed by atoms with E-state index in [1.54, 1.807) is 0 Å². The number of piperidine rings is 3. The van der Waals surface area contributed by atoms with Gasteiger partial charge in [-0.15, -0.1) is 0 Å². The van der Waals surface area contributed by atoms with Gasteiger partial charge in [0.25, 0.3) is 0 Å². The molecule has 206 valence electrons. The van der Waals surface area contributed by atoms with E-state index in [1.807, 2.05) is 0 Å². The molecule has 2 saturated carbocycles. The van der Waals surface area contributed by atoms with E-state index in [2.05, 4.69) is 45.2 Å². The minimum Gasteiger partial charge on any atom is -0.512 e. The highest BCUT2D eigenvalue weighted by Gasteiger charge is 2.45. The molecule has 6 atom stereocenters. The van der Waals surface area contributed by atoms with Crippen molar-refractivity contribution in [3.05, 3.63) is 42.4 Å². The van der Waals surface area contributed by atoms with Crippen molar-refractivity contribution in [2.75, 3.05) is 19.6 Å². The van der Waals surface area contributed by atoms with Crippen LogP contribution < -0.4 is 0 Å². The first-order chi connectivity index (χ1) is 18.6. The summed E-state index contributed by atoms with van der Waals surface area (Å²) in [6.07, 6.45) is 19.5. The van der Waals surface area contributed by atoms with Crippen molar-refractivity contribution >= 4 is 11.0 Å². The molecule has 0 spiro atoms. The largest absolute Gasteiger partial charge is 0.512 e. The fraction of sp³-hybridized carbons (Fsp3) is 0.727. The number of rotatable bonds is 5. The molecule has 2 aromatic rings. The molecule has 5 nitrogen and oxygen atoms in total. The van der Waals surface area contributed by atoms with Crippen molar-refractivity contribution in [3.63, 3.8) is 0 Å². The van der Waals surface area contributed by atoms with Gasteiger partial charge in [0.2, 0.25) is 0 Å². The van der Waals surface area contributed by atoms with Crippen LogP contribution in [-0.4, -0.2) is 62.2 Å². The predicted molar refractivity (Wildman–Crippen MR) is 155 cm³/mol. The molecule has 2 unspecified atom stereocenters. The Morgan fingerprint density at radius 1 is 0.789 bits per heavy atom. The highest BCUT2D eigenvalue weighted by Crippen LogP contribution is 2.48. The molecule has 3 aliphatic heterocycles. The number of imidazole rings is 1. The fourth-order valence-electron chi connectivity index (χ4n) is 9.65. The normalized spacial score (nSPS) is 35.3. The quantitative estimate of drug-likeness (QED) is 0.427. The predicted octanol–water partition coefficient (Wildman–Crippen LogP) is 7.20. The number of nitrogens with zero attached hydrogens (tertiary/aromatic N) is 4. The molecule has 3 saturated heterocycles. The molecule has 0 amide bonds. The summed E-state index contributed by atoms with van der Waals surface area (Å²) in [5.41, 5.74) is 2.53. The number of fused-ring (bicyclic) bond motifs is 5. The Hall–Kier alpha value is -1.85. The van der Waals surface area contributed by atoms with Crippen LogP contribution in [0, 0.1) is 11.8 Å². The van der Waals surface area contributed by atoms with E-state index in [-0.39, 0.29) is 5.76 Å². The molecule has 1 aromatic carbocycles. The Bertz CT molecular complexity index is 1110. The van der Waals surface area contributed by atoms with Crippen molar-refractivity contribution in [2.24, 2.45) is 11.8 Å². The summed E-state index contributed by atoms with van der Waals surface area (Å²) in [4.78, 5) is 10.8. The topological polar surface area (TPSA) is 44.5 Å². The SMILES string of the molecule is C=C(O)CN1CCC(c2nc3ccccc3n2C2C[C@H]3CCC[C@@H](C2)N3C2C[C@H]3CCCC[C@@H](C2)C3)CC1. The molecule has 4 heterocycles. The van der Waals surface area contributed by atoms with Crippen LogP contribution in [0.15, 0.2) is 36.6 Å². The molecule has 1 N–H and O–H groups in total. The number of hydrogen-bond acceptors (Lipinski definition) is 4. The molecule has 38 heavy (non-hydrogen) atoms.